The molecule has 2 saturated carbocycles. The van der Waals surface area contributed by atoms with Gasteiger partial charge in [-0.3, -0.25) is 4.79 Å². The van der Waals surface area contributed by atoms with Crippen molar-refractivity contribution in [2.45, 2.75) is 52.4 Å². The molecule has 2 bridgehead atoms. The largest absolute Gasteiger partial charge is 0.356 e. The summed E-state index contributed by atoms with van der Waals surface area (Å²) in [4.78, 5) is 12.0. The van der Waals surface area contributed by atoms with E-state index in [9.17, 15) is 4.79 Å². The topological polar surface area (TPSA) is 55.1 Å². The number of nitrogens with one attached hydrogen (secondary N) is 1. The molecule has 110 valence electrons. The summed E-state index contributed by atoms with van der Waals surface area (Å²) in [5, 5.41) is 3.15. The monoisotopic (exact) mass is 266 g/mol. The van der Waals surface area contributed by atoms with Gasteiger partial charge in [0.25, 0.3) is 0 Å². The van der Waals surface area contributed by atoms with Crippen LogP contribution in [-0.2, 0) is 4.79 Å². The van der Waals surface area contributed by atoms with Crippen molar-refractivity contribution in [2.75, 3.05) is 13.1 Å². The molecular weight excluding hydrogens is 236 g/mol. The molecule has 3 N–H and O–H groups in total. The number of hydrogen-bond donors (Lipinski definition) is 2. The Kier molecular flexibility index (Phi) is 5.26. The fourth-order valence-corrected chi connectivity index (χ4v) is 4.14. The highest BCUT2D eigenvalue weighted by atomic mass is 16.1. The van der Waals surface area contributed by atoms with Gasteiger partial charge in [0, 0.05) is 13.0 Å². The lowest BCUT2D eigenvalue weighted by Gasteiger charge is -2.22. The highest BCUT2D eigenvalue weighted by Crippen LogP contribution is 2.47. The van der Waals surface area contributed by atoms with Crippen LogP contribution in [0.2, 0.25) is 0 Å². The molecule has 1 amide bonds. The summed E-state index contributed by atoms with van der Waals surface area (Å²) >= 11 is 0. The fraction of sp³-hybridized carbons (Fsp3) is 0.938. The highest BCUT2D eigenvalue weighted by Gasteiger charge is 2.39. The van der Waals surface area contributed by atoms with E-state index in [0.717, 1.165) is 30.7 Å². The van der Waals surface area contributed by atoms with E-state index in [1.54, 1.807) is 0 Å². The maximum atomic E-state index is 12.0. The molecule has 0 aliphatic heterocycles. The van der Waals surface area contributed by atoms with Gasteiger partial charge in [-0.2, -0.15) is 0 Å². The van der Waals surface area contributed by atoms with Crippen molar-refractivity contribution in [1.82, 2.24) is 5.32 Å². The minimum Gasteiger partial charge on any atom is -0.356 e. The first kappa shape index (κ1) is 14.8. The van der Waals surface area contributed by atoms with Gasteiger partial charge in [0.2, 0.25) is 5.91 Å². The van der Waals surface area contributed by atoms with Crippen LogP contribution in [-0.4, -0.2) is 19.0 Å². The van der Waals surface area contributed by atoms with Crippen molar-refractivity contribution in [3.63, 3.8) is 0 Å². The molecule has 0 aromatic carbocycles. The van der Waals surface area contributed by atoms with Crippen molar-refractivity contribution in [1.29, 1.82) is 0 Å². The van der Waals surface area contributed by atoms with Crippen LogP contribution in [0.25, 0.3) is 0 Å². The third-order valence-electron chi connectivity index (χ3n) is 5.06. The van der Waals surface area contributed by atoms with Crippen molar-refractivity contribution < 1.29 is 4.79 Å². The molecule has 0 spiro atoms. The first-order valence-corrected chi connectivity index (χ1v) is 8.05. The summed E-state index contributed by atoms with van der Waals surface area (Å²) in [6, 6.07) is 0. The predicted octanol–water partition coefficient (Wildman–Crippen LogP) is 2.55. The van der Waals surface area contributed by atoms with Crippen LogP contribution in [0.4, 0.5) is 0 Å². The van der Waals surface area contributed by atoms with Crippen LogP contribution in [0.15, 0.2) is 0 Å². The summed E-state index contributed by atoms with van der Waals surface area (Å²) in [6.07, 6.45) is 7.24. The number of hydrogen-bond acceptors (Lipinski definition) is 2. The molecule has 2 rings (SSSR count). The van der Waals surface area contributed by atoms with Crippen molar-refractivity contribution in [3.05, 3.63) is 0 Å². The SMILES string of the molecule is CC(C)C[C@H](CN)CC(=O)NCC1CC2CCC1C2. The Hall–Kier alpha value is -0.570. The van der Waals surface area contributed by atoms with E-state index in [2.05, 4.69) is 19.2 Å². The van der Waals surface area contributed by atoms with E-state index in [4.69, 9.17) is 5.73 Å². The average Bonchev–Trinajstić information content (AvgIpc) is 2.97. The van der Waals surface area contributed by atoms with Gasteiger partial charge in [-0.25, -0.2) is 0 Å². The molecule has 2 aliphatic carbocycles. The zero-order valence-corrected chi connectivity index (χ0v) is 12.5. The van der Waals surface area contributed by atoms with Crippen LogP contribution in [0.1, 0.15) is 52.4 Å². The summed E-state index contributed by atoms with van der Waals surface area (Å²) in [5.41, 5.74) is 5.76. The first-order valence-electron chi connectivity index (χ1n) is 8.05. The van der Waals surface area contributed by atoms with Crippen molar-refractivity contribution in [2.24, 2.45) is 35.3 Å². The second kappa shape index (κ2) is 6.74. The lowest BCUT2D eigenvalue weighted by molar-refractivity contribution is -0.122. The van der Waals surface area contributed by atoms with Crippen LogP contribution in [0, 0.1) is 29.6 Å². The van der Waals surface area contributed by atoms with Crippen molar-refractivity contribution >= 4 is 5.91 Å². The molecule has 0 aromatic rings. The highest BCUT2D eigenvalue weighted by molar-refractivity contribution is 5.76. The second-order valence-electron chi connectivity index (χ2n) is 7.17. The van der Waals surface area contributed by atoms with Gasteiger partial charge in [0.1, 0.15) is 0 Å². The normalized spacial score (nSPS) is 30.8. The van der Waals surface area contributed by atoms with Gasteiger partial charge in [-0.05, 0) is 61.8 Å². The number of rotatable bonds is 7. The Morgan fingerprint density at radius 2 is 2.11 bits per heavy atom. The molecule has 0 heterocycles. The standard InChI is InChI=1S/C16H30N2O/c1-11(2)5-13(9-17)8-16(19)18-10-15-7-12-3-4-14(15)6-12/h11-15H,3-10,17H2,1-2H3,(H,18,19)/t12?,13-,14?,15?/m0/s1. The summed E-state index contributed by atoms with van der Waals surface area (Å²) in [5.74, 6) is 3.78. The smallest absolute Gasteiger partial charge is 0.220 e. The third kappa shape index (κ3) is 4.20. The van der Waals surface area contributed by atoms with E-state index < -0.39 is 0 Å². The third-order valence-corrected chi connectivity index (χ3v) is 5.06. The molecular formula is C16H30N2O. The lowest BCUT2D eigenvalue weighted by Crippen LogP contribution is -2.34. The van der Waals surface area contributed by atoms with Crippen LogP contribution < -0.4 is 11.1 Å². The molecule has 0 saturated heterocycles. The molecule has 3 unspecified atom stereocenters. The van der Waals surface area contributed by atoms with E-state index in [-0.39, 0.29) is 5.91 Å². The minimum absolute atomic E-state index is 0.207. The van der Waals surface area contributed by atoms with E-state index in [0.29, 0.717) is 24.8 Å². The summed E-state index contributed by atoms with van der Waals surface area (Å²) in [6.45, 7) is 5.91. The molecule has 3 nitrogen and oxygen atoms in total. The molecule has 2 aliphatic rings. The van der Waals surface area contributed by atoms with Gasteiger partial charge >= 0.3 is 0 Å². The maximum Gasteiger partial charge on any atom is 0.220 e. The number of nitrogens with two attached hydrogens (primary N) is 1. The van der Waals surface area contributed by atoms with Gasteiger partial charge in [-0.1, -0.05) is 20.3 Å². The van der Waals surface area contributed by atoms with Crippen molar-refractivity contribution in [3.8, 4) is 0 Å². The summed E-state index contributed by atoms with van der Waals surface area (Å²) in [7, 11) is 0. The van der Waals surface area contributed by atoms with Crippen LogP contribution in [0.3, 0.4) is 0 Å². The summed E-state index contributed by atoms with van der Waals surface area (Å²) < 4.78 is 0. The van der Waals surface area contributed by atoms with Crippen LogP contribution in [0.5, 0.6) is 0 Å². The van der Waals surface area contributed by atoms with E-state index in [1.165, 1.54) is 25.7 Å². The van der Waals surface area contributed by atoms with Gasteiger partial charge in [-0.15, -0.1) is 0 Å². The Bertz CT molecular complexity index is 303. The van der Waals surface area contributed by atoms with Gasteiger partial charge < -0.3 is 11.1 Å². The van der Waals surface area contributed by atoms with Gasteiger partial charge in [0.05, 0.1) is 0 Å². The molecule has 3 heteroatoms. The quantitative estimate of drug-likeness (QED) is 0.744. The van der Waals surface area contributed by atoms with Gasteiger partial charge in [0.15, 0.2) is 0 Å². The molecule has 0 radical (unpaired) electrons. The van der Waals surface area contributed by atoms with E-state index >= 15 is 0 Å². The van der Waals surface area contributed by atoms with E-state index in [1.807, 2.05) is 0 Å². The fourth-order valence-electron chi connectivity index (χ4n) is 4.14. The second-order valence-corrected chi connectivity index (χ2v) is 7.17. The van der Waals surface area contributed by atoms with Crippen LogP contribution >= 0.6 is 0 Å². The predicted molar refractivity (Wildman–Crippen MR) is 78.6 cm³/mol. The Balaban J connectivity index is 1.66. The molecule has 4 atom stereocenters. The number of fused-ring (bicyclic) bond motifs is 2. The average molecular weight is 266 g/mol. The number of amides is 1. The zero-order chi connectivity index (χ0) is 13.8. The molecule has 0 aromatic heterocycles. The Labute approximate surface area is 117 Å². The molecule has 19 heavy (non-hydrogen) atoms. The lowest BCUT2D eigenvalue weighted by atomic mass is 9.88. The Morgan fingerprint density at radius 1 is 1.32 bits per heavy atom. The Morgan fingerprint density at radius 3 is 2.63 bits per heavy atom. The number of carbonyl (C=O) groups is 1. The maximum absolute atomic E-state index is 12.0. The first-order chi connectivity index (χ1) is 9.08. The molecule has 2 fully saturated rings. The zero-order valence-electron chi connectivity index (χ0n) is 12.5. The minimum atomic E-state index is 0.207. The number of carbonyl (C=O) groups excluding carboxylic acids is 1.